The molecule has 1 atom stereocenters. The fraction of sp³-hybridized carbons (Fsp3) is 0.419. The van der Waals surface area contributed by atoms with Gasteiger partial charge in [-0.2, -0.15) is 22.0 Å². The second-order valence-electron chi connectivity index (χ2n) is 11.6. The van der Waals surface area contributed by atoms with Gasteiger partial charge in [-0.3, -0.25) is 9.69 Å². The summed E-state index contributed by atoms with van der Waals surface area (Å²) in [5.41, 5.74) is -2.19. The van der Waals surface area contributed by atoms with Gasteiger partial charge in [-0.15, -0.1) is 0 Å². The van der Waals surface area contributed by atoms with Gasteiger partial charge in [0.2, 0.25) is 5.91 Å². The van der Waals surface area contributed by atoms with Crippen molar-refractivity contribution in [3.63, 3.8) is 0 Å². The van der Waals surface area contributed by atoms with Crippen molar-refractivity contribution >= 4 is 51.6 Å². The molecule has 0 radical (unpaired) electrons. The van der Waals surface area contributed by atoms with E-state index < -0.39 is 32.6 Å². The Hall–Kier alpha value is -2.51. The summed E-state index contributed by atoms with van der Waals surface area (Å²) in [4.78, 5) is 24.8. The Labute approximate surface area is 266 Å². The maximum Gasteiger partial charge on any atom is 0.416 e. The summed E-state index contributed by atoms with van der Waals surface area (Å²) in [6.07, 6.45) is -1.02. The smallest absolute Gasteiger partial charge is 0.354 e. The minimum Gasteiger partial charge on any atom is -0.354 e. The summed E-state index contributed by atoms with van der Waals surface area (Å²) in [5.74, 6) is 0.133. The van der Waals surface area contributed by atoms with Gasteiger partial charge in [0.25, 0.3) is 0 Å². The molecular weight excluding hydrogens is 702 g/mol. The van der Waals surface area contributed by atoms with Crippen LogP contribution in [-0.4, -0.2) is 55.1 Å². The number of carbonyl (C=O) groups is 1. The number of benzene rings is 2. The van der Waals surface area contributed by atoms with E-state index in [1.54, 1.807) is 18.3 Å². The number of anilines is 2. The molecule has 0 N–H and O–H groups in total. The molecule has 0 saturated carbocycles. The lowest BCUT2D eigenvalue weighted by atomic mass is 9.81. The van der Waals surface area contributed by atoms with E-state index in [0.717, 1.165) is 73.1 Å². The normalized spacial score (nSPS) is 18.1. The number of carbonyl (C=O) groups excluding carboxylic acids is 1. The molecule has 230 valence electrons. The lowest BCUT2D eigenvalue weighted by molar-refractivity contribution is -0.138. The van der Waals surface area contributed by atoms with Crippen LogP contribution in [0.2, 0.25) is 5.02 Å². The van der Waals surface area contributed by atoms with Crippen LogP contribution in [0.3, 0.4) is 0 Å². The van der Waals surface area contributed by atoms with Crippen LogP contribution in [0.5, 0.6) is 0 Å². The third-order valence-corrected chi connectivity index (χ3v) is 9.41. The van der Waals surface area contributed by atoms with Crippen LogP contribution in [0.4, 0.5) is 33.5 Å². The monoisotopic (exact) mass is 732 g/mol. The number of nitrogens with zero attached hydrogens (tertiary/aromatic N) is 4. The van der Waals surface area contributed by atoms with Gasteiger partial charge in [0.05, 0.1) is 22.9 Å². The molecule has 2 aliphatic heterocycles. The third kappa shape index (κ3) is 6.49. The predicted octanol–water partition coefficient (Wildman–Crippen LogP) is 8.13. The molecule has 5 nitrogen and oxygen atoms in total. The number of likely N-dealkylation sites (N-methyl/N-ethyl adjacent to an activating group) is 1. The molecule has 3 aromatic rings. The summed E-state index contributed by atoms with van der Waals surface area (Å²) >= 11 is 7.40. The zero-order valence-electron chi connectivity index (χ0n) is 23.9. The molecule has 1 amide bonds. The molecule has 0 unspecified atom stereocenters. The topological polar surface area (TPSA) is 39.7 Å². The highest BCUT2D eigenvalue weighted by Gasteiger charge is 2.40. The molecule has 12 heteroatoms. The van der Waals surface area contributed by atoms with Gasteiger partial charge in [-0.25, -0.2) is 4.98 Å². The number of halogens is 7. The van der Waals surface area contributed by atoms with E-state index in [-0.39, 0.29) is 5.56 Å². The first-order chi connectivity index (χ1) is 20.1. The maximum atomic E-state index is 14.3. The average molecular weight is 733 g/mol. The first-order valence-electron chi connectivity index (χ1n) is 13.9. The number of fused-ring (bicyclic) bond motifs is 1. The van der Waals surface area contributed by atoms with Crippen LogP contribution in [0.25, 0.3) is 11.1 Å². The van der Waals surface area contributed by atoms with Crippen LogP contribution < -0.4 is 9.80 Å². The van der Waals surface area contributed by atoms with Crippen molar-refractivity contribution in [2.45, 2.75) is 48.3 Å². The molecule has 1 aromatic heterocycles. The molecule has 2 aliphatic rings. The van der Waals surface area contributed by atoms with Crippen LogP contribution >= 0.6 is 34.2 Å². The van der Waals surface area contributed by atoms with Crippen molar-refractivity contribution in [3.05, 3.63) is 76.4 Å². The lowest BCUT2D eigenvalue weighted by Crippen LogP contribution is -2.50. The van der Waals surface area contributed by atoms with Crippen molar-refractivity contribution in [3.8, 4) is 11.1 Å². The van der Waals surface area contributed by atoms with E-state index in [4.69, 9.17) is 16.6 Å². The molecule has 0 bridgehead atoms. The van der Waals surface area contributed by atoms with Gasteiger partial charge in [0, 0.05) is 77.0 Å². The van der Waals surface area contributed by atoms with Gasteiger partial charge >= 0.3 is 10.1 Å². The largest absolute Gasteiger partial charge is 0.416 e. The molecule has 3 heterocycles. The first kappa shape index (κ1) is 31.9. The summed E-state index contributed by atoms with van der Waals surface area (Å²) < 4.78 is 66.1. The molecule has 2 saturated heterocycles. The molecule has 2 aromatic carbocycles. The Morgan fingerprint density at radius 2 is 1.65 bits per heavy atom. The summed E-state index contributed by atoms with van der Waals surface area (Å²) in [6.45, 7) is 6.50. The van der Waals surface area contributed by atoms with Crippen LogP contribution in [-0.2, 0) is 20.3 Å². The number of pyridine rings is 1. The molecule has 0 aliphatic carbocycles. The summed E-state index contributed by atoms with van der Waals surface area (Å²) in [5, 5.41) is 0.452. The molecule has 5 rings (SSSR count). The average Bonchev–Trinajstić information content (AvgIpc) is 3.43. The van der Waals surface area contributed by atoms with Crippen molar-refractivity contribution in [2.75, 3.05) is 43.0 Å². The van der Waals surface area contributed by atoms with Crippen molar-refractivity contribution in [1.29, 1.82) is 0 Å². The second kappa shape index (κ2) is 11.8. The highest BCUT2D eigenvalue weighted by atomic mass is 127. The highest BCUT2D eigenvalue weighted by molar-refractivity contribution is 14.1. The number of hydrogen-bond donors (Lipinski definition) is 0. The number of rotatable bonds is 6. The van der Waals surface area contributed by atoms with Crippen molar-refractivity contribution < 1.29 is 26.7 Å². The van der Waals surface area contributed by atoms with E-state index >= 15 is 0 Å². The van der Waals surface area contributed by atoms with E-state index in [0.29, 0.717) is 33.9 Å². The van der Waals surface area contributed by atoms with Gasteiger partial charge < -0.3 is 9.80 Å². The fourth-order valence-corrected chi connectivity index (χ4v) is 6.49. The van der Waals surface area contributed by atoms with E-state index in [2.05, 4.69) is 9.80 Å². The molecule has 43 heavy (non-hydrogen) atoms. The van der Waals surface area contributed by atoms with E-state index in [1.165, 1.54) is 32.2 Å². The zero-order valence-corrected chi connectivity index (χ0v) is 26.8. The maximum absolute atomic E-state index is 14.3. The summed E-state index contributed by atoms with van der Waals surface area (Å²) in [6, 6.07) is 11.7. The van der Waals surface area contributed by atoms with Gasteiger partial charge in [0.15, 0.2) is 0 Å². The number of piperazine rings is 1. The Kier molecular flexibility index (Phi) is 8.73. The molecule has 0 spiro atoms. The number of aromatic nitrogens is 1. The standard InChI is InChI=1S/C31H31ClF5IN4O/c1-29(2,19-13-20(30(33,34)35)15-21(14-19)31(36,37)38)28(43)40(3)26-17-39-27(16-24(26)23-8-4-5-9-25(23)32)42-12-11-41-10-6-7-22(41)18-42/h4-5,8-9,13-17,22H,6-7,10-12,18H2,1-3H3/t22-/m0/s1. The Morgan fingerprint density at radius 3 is 2.33 bits per heavy atom. The second-order valence-corrected chi connectivity index (χ2v) is 13.4. The molecular formula is C31H31ClF5IN4O. The SMILES string of the molecule is CN(C(=O)C(C)(C)c1cc(C(F)(F)F)cc(C(F)(F)I)c1)c1cnc(N2CCN3CCC[C@H]3C2)cc1-c1ccccc1Cl. The number of hydrogen-bond acceptors (Lipinski definition) is 4. The zero-order chi connectivity index (χ0) is 31.3. The minimum atomic E-state index is -4.88. The third-order valence-electron chi connectivity index (χ3n) is 8.45. The minimum absolute atomic E-state index is 0.177. The van der Waals surface area contributed by atoms with Crippen LogP contribution in [0, 0.1) is 0 Å². The molecule has 2 fully saturated rings. The lowest BCUT2D eigenvalue weighted by Gasteiger charge is -2.38. The fourth-order valence-electron chi connectivity index (χ4n) is 5.94. The number of amides is 1. The first-order valence-corrected chi connectivity index (χ1v) is 15.3. The van der Waals surface area contributed by atoms with E-state index in [1.807, 2.05) is 18.2 Å². The predicted molar refractivity (Wildman–Crippen MR) is 167 cm³/mol. The van der Waals surface area contributed by atoms with Crippen LogP contribution in [0.1, 0.15) is 43.4 Å². The Balaban J connectivity index is 1.55. The Morgan fingerprint density at radius 1 is 0.977 bits per heavy atom. The highest BCUT2D eigenvalue weighted by Crippen LogP contribution is 2.43. The quantitative estimate of drug-likeness (QED) is 0.146. The number of alkyl halides is 6. The van der Waals surface area contributed by atoms with Gasteiger partial charge in [-0.1, -0.05) is 29.8 Å². The van der Waals surface area contributed by atoms with Crippen molar-refractivity contribution in [1.82, 2.24) is 9.88 Å². The van der Waals surface area contributed by atoms with E-state index in [9.17, 15) is 26.7 Å². The van der Waals surface area contributed by atoms with Crippen molar-refractivity contribution in [2.24, 2.45) is 0 Å². The Bertz CT molecular complexity index is 1490. The van der Waals surface area contributed by atoms with Gasteiger partial charge in [0.1, 0.15) is 5.82 Å². The van der Waals surface area contributed by atoms with Crippen LogP contribution in [0.15, 0.2) is 54.7 Å². The van der Waals surface area contributed by atoms with Gasteiger partial charge in [-0.05, 0) is 69.1 Å². The summed E-state index contributed by atoms with van der Waals surface area (Å²) in [7, 11) is 1.50.